The van der Waals surface area contributed by atoms with Crippen LogP contribution in [-0.2, 0) is 0 Å². The average Bonchev–Trinajstić information content (AvgIpc) is 2.86. The van der Waals surface area contributed by atoms with Crippen LogP contribution in [0.3, 0.4) is 0 Å². The Hall–Kier alpha value is -0.220. The van der Waals surface area contributed by atoms with Crippen LogP contribution in [0.2, 0.25) is 0 Å². The Kier molecular flexibility index (Phi) is 3.34. The van der Waals surface area contributed by atoms with Crippen molar-refractivity contribution in [3.63, 3.8) is 0 Å². The summed E-state index contributed by atoms with van der Waals surface area (Å²) in [6.07, 6.45) is 3.22. The number of rotatable bonds is 3. The Labute approximate surface area is 92.6 Å². The SMILES string of the molecule is CCC(Cl)c1noc(C2CCCS2)n1. The summed E-state index contributed by atoms with van der Waals surface area (Å²) in [5.74, 6) is 2.58. The van der Waals surface area contributed by atoms with Gasteiger partial charge in [-0.2, -0.15) is 4.98 Å². The summed E-state index contributed by atoms with van der Waals surface area (Å²) in [6, 6.07) is 0. The van der Waals surface area contributed by atoms with Gasteiger partial charge in [-0.05, 0) is 25.0 Å². The van der Waals surface area contributed by atoms with Gasteiger partial charge in [0.2, 0.25) is 5.89 Å². The molecule has 0 saturated carbocycles. The van der Waals surface area contributed by atoms with Gasteiger partial charge in [0, 0.05) is 0 Å². The molecule has 2 rings (SSSR count). The van der Waals surface area contributed by atoms with E-state index in [-0.39, 0.29) is 5.38 Å². The van der Waals surface area contributed by atoms with Gasteiger partial charge >= 0.3 is 0 Å². The summed E-state index contributed by atoms with van der Waals surface area (Å²) in [6.45, 7) is 2.01. The molecule has 1 aromatic heterocycles. The molecule has 1 aliphatic heterocycles. The molecule has 3 nitrogen and oxygen atoms in total. The maximum Gasteiger partial charge on any atom is 0.239 e. The number of thioether (sulfide) groups is 1. The van der Waals surface area contributed by atoms with Crippen LogP contribution >= 0.6 is 23.4 Å². The van der Waals surface area contributed by atoms with Gasteiger partial charge in [-0.3, -0.25) is 0 Å². The van der Waals surface area contributed by atoms with Gasteiger partial charge in [-0.25, -0.2) is 0 Å². The minimum atomic E-state index is -0.112. The van der Waals surface area contributed by atoms with Crippen molar-refractivity contribution in [3.8, 4) is 0 Å². The molecule has 5 heteroatoms. The maximum atomic E-state index is 6.02. The lowest BCUT2D eigenvalue weighted by Crippen LogP contribution is -1.93. The van der Waals surface area contributed by atoms with E-state index in [1.54, 1.807) is 0 Å². The van der Waals surface area contributed by atoms with Crippen molar-refractivity contribution >= 4 is 23.4 Å². The van der Waals surface area contributed by atoms with Gasteiger partial charge in [-0.1, -0.05) is 12.1 Å². The predicted molar refractivity (Wildman–Crippen MR) is 57.6 cm³/mol. The lowest BCUT2D eigenvalue weighted by atomic mass is 10.2. The fourth-order valence-electron chi connectivity index (χ4n) is 1.46. The molecule has 0 aliphatic carbocycles. The van der Waals surface area contributed by atoms with Crippen LogP contribution in [0.5, 0.6) is 0 Å². The summed E-state index contributed by atoms with van der Waals surface area (Å²) < 4.78 is 5.21. The van der Waals surface area contributed by atoms with Crippen LogP contribution in [-0.4, -0.2) is 15.9 Å². The lowest BCUT2D eigenvalue weighted by Gasteiger charge is -1.99. The van der Waals surface area contributed by atoms with Crippen molar-refractivity contribution in [3.05, 3.63) is 11.7 Å². The first kappa shape index (κ1) is 10.3. The fraction of sp³-hybridized carbons (Fsp3) is 0.778. The molecule has 0 spiro atoms. The van der Waals surface area contributed by atoms with Crippen molar-refractivity contribution < 1.29 is 4.52 Å². The van der Waals surface area contributed by atoms with E-state index < -0.39 is 0 Å². The van der Waals surface area contributed by atoms with E-state index in [4.69, 9.17) is 16.1 Å². The summed E-state index contributed by atoms with van der Waals surface area (Å²) in [5.41, 5.74) is 0. The number of alkyl halides is 1. The largest absolute Gasteiger partial charge is 0.338 e. The molecule has 0 aromatic carbocycles. The third-order valence-electron chi connectivity index (χ3n) is 2.30. The van der Waals surface area contributed by atoms with Gasteiger partial charge in [0.15, 0.2) is 5.82 Å². The second-order valence-corrected chi connectivity index (χ2v) is 5.21. The zero-order valence-electron chi connectivity index (χ0n) is 8.07. The van der Waals surface area contributed by atoms with Gasteiger partial charge in [0.05, 0.1) is 10.6 Å². The molecule has 2 unspecified atom stereocenters. The van der Waals surface area contributed by atoms with E-state index in [9.17, 15) is 0 Å². The first-order chi connectivity index (χ1) is 6.81. The fourth-order valence-corrected chi connectivity index (χ4v) is 2.74. The smallest absolute Gasteiger partial charge is 0.239 e. The minimum absolute atomic E-state index is 0.112. The molecule has 1 saturated heterocycles. The van der Waals surface area contributed by atoms with Crippen LogP contribution in [0.4, 0.5) is 0 Å². The number of nitrogens with zero attached hydrogens (tertiary/aromatic N) is 2. The molecule has 0 bridgehead atoms. The topological polar surface area (TPSA) is 38.9 Å². The molecule has 0 radical (unpaired) electrons. The van der Waals surface area contributed by atoms with Gasteiger partial charge in [-0.15, -0.1) is 23.4 Å². The maximum absolute atomic E-state index is 6.02. The van der Waals surface area contributed by atoms with Crippen molar-refractivity contribution in [2.24, 2.45) is 0 Å². The van der Waals surface area contributed by atoms with Crippen LogP contribution in [0, 0.1) is 0 Å². The predicted octanol–water partition coefficient (Wildman–Crippen LogP) is 3.33. The van der Waals surface area contributed by atoms with Crippen LogP contribution in [0.25, 0.3) is 0 Å². The Morgan fingerprint density at radius 1 is 1.71 bits per heavy atom. The molecule has 2 heterocycles. The standard InChI is InChI=1S/C9H13ClN2OS/c1-2-6(10)8-11-9(13-12-8)7-4-3-5-14-7/h6-7H,2-5H2,1H3. The third-order valence-corrected chi connectivity index (χ3v) is 4.17. The zero-order chi connectivity index (χ0) is 9.97. The van der Waals surface area contributed by atoms with Crippen LogP contribution < -0.4 is 0 Å². The number of hydrogen-bond donors (Lipinski definition) is 0. The molecular formula is C9H13ClN2OS. The molecule has 14 heavy (non-hydrogen) atoms. The molecule has 78 valence electrons. The van der Waals surface area contributed by atoms with E-state index in [2.05, 4.69) is 10.1 Å². The highest BCUT2D eigenvalue weighted by Gasteiger charge is 2.24. The summed E-state index contributed by atoms with van der Waals surface area (Å²) in [4.78, 5) is 4.33. The van der Waals surface area contributed by atoms with Crippen LogP contribution in [0.1, 0.15) is 48.5 Å². The van der Waals surface area contributed by atoms with E-state index in [1.165, 1.54) is 12.2 Å². The highest BCUT2D eigenvalue weighted by molar-refractivity contribution is 7.99. The van der Waals surface area contributed by atoms with Crippen molar-refractivity contribution in [1.82, 2.24) is 10.1 Å². The first-order valence-electron chi connectivity index (χ1n) is 4.90. The quantitative estimate of drug-likeness (QED) is 0.750. The van der Waals surface area contributed by atoms with Gasteiger partial charge < -0.3 is 4.52 Å². The zero-order valence-corrected chi connectivity index (χ0v) is 9.64. The Bertz CT molecular complexity index is 299. The molecular weight excluding hydrogens is 220 g/mol. The normalized spacial score (nSPS) is 24.0. The summed E-state index contributed by atoms with van der Waals surface area (Å²) in [7, 11) is 0. The van der Waals surface area contributed by atoms with E-state index >= 15 is 0 Å². The van der Waals surface area contributed by atoms with Crippen molar-refractivity contribution in [2.75, 3.05) is 5.75 Å². The average molecular weight is 233 g/mol. The molecule has 0 amide bonds. The molecule has 0 N–H and O–H groups in total. The summed E-state index contributed by atoms with van der Waals surface area (Å²) in [5, 5.41) is 4.19. The number of halogens is 1. The Morgan fingerprint density at radius 3 is 3.21 bits per heavy atom. The molecule has 2 atom stereocenters. The Morgan fingerprint density at radius 2 is 2.57 bits per heavy atom. The van der Waals surface area contributed by atoms with Crippen molar-refractivity contribution in [2.45, 2.75) is 36.8 Å². The van der Waals surface area contributed by atoms with Crippen molar-refractivity contribution in [1.29, 1.82) is 0 Å². The second-order valence-electron chi connectivity index (χ2n) is 3.37. The van der Waals surface area contributed by atoms with Gasteiger partial charge in [0.25, 0.3) is 0 Å². The van der Waals surface area contributed by atoms with Crippen LogP contribution in [0.15, 0.2) is 4.52 Å². The van der Waals surface area contributed by atoms with E-state index in [0.717, 1.165) is 18.7 Å². The molecule has 1 aromatic rings. The highest BCUT2D eigenvalue weighted by Crippen LogP contribution is 2.39. The molecule has 1 aliphatic rings. The van der Waals surface area contributed by atoms with E-state index in [0.29, 0.717) is 11.1 Å². The third kappa shape index (κ3) is 2.06. The minimum Gasteiger partial charge on any atom is -0.338 e. The summed E-state index contributed by atoms with van der Waals surface area (Å²) >= 11 is 7.91. The lowest BCUT2D eigenvalue weighted by molar-refractivity contribution is 0.369. The van der Waals surface area contributed by atoms with E-state index in [1.807, 2.05) is 18.7 Å². The number of aromatic nitrogens is 2. The monoisotopic (exact) mass is 232 g/mol. The molecule has 1 fully saturated rings. The highest BCUT2D eigenvalue weighted by atomic mass is 35.5. The van der Waals surface area contributed by atoms with Gasteiger partial charge in [0.1, 0.15) is 0 Å². The second kappa shape index (κ2) is 4.53. The Balaban J connectivity index is 2.08. The number of hydrogen-bond acceptors (Lipinski definition) is 4. The first-order valence-corrected chi connectivity index (χ1v) is 6.39.